The normalized spacial score (nSPS) is 10.8. The van der Waals surface area contributed by atoms with Crippen molar-refractivity contribution in [1.82, 2.24) is 15.3 Å². The Bertz CT molecular complexity index is 1190. The summed E-state index contributed by atoms with van der Waals surface area (Å²) in [6, 6.07) is 18.0. The number of amides is 1. The number of hydrogen-bond donors (Lipinski definition) is 2. The molecule has 0 bridgehead atoms. The Morgan fingerprint density at radius 3 is 2.45 bits per heavy atom. The van der Waals surface area contributed by atoms with Crippen LogP contribution in [-0.4, -0.2) is 21.0 Å². The van der Waals surface area contributed by atoms with Gasteiger partial charge in [-0.1, -0.05) is 53.5 Å². The lowest BCUT2D eigenvalue weighted by Crippen LogP contribution is -2.24. The first kappa shape index (κ1) is 19.2. The number of carbonyl (C=O) groups excluding carboxylic acids is 1. The maximum absolute atomic E-state index is 12.8. The minimum atomic E-state index is -0.525. The predicted molar refractivity (Wildman–Crippen MR) is 114 cm³/mol. The molecule has 0 saturated carbocycles. The average Bonchev–Trinajstić information content (AvgIpc) is 2.72. The van der Waals surface area contributed by atoms with Crippen LogP contribution in [0.5, 0.6) is 5.75 Å². The van der Waals surface area contributed by atoms with Gasteiger partial charge in [0.1, 0.15) is 5.52 Å². The third-order valence-corrected chi connectivity index (χ3v) is 4.81. The molecule has 1 amide bonds. The number of nitrogens with one attached hydrogen (secondary N) is 1. The first-order valence-corrected chi connectivity index (χ1v) is 9.55. The van der Waals surface area contributed by atoms with Gasteiger partial charge < -0.3 is 10.4 Å². The summed E-state index contributed by atoms with van der Waals surface area (Å²) in [6.07, 6.45) is 1.56. The highest BCUT2D eigenvalue weighted by Gasteiger charge is 2.20. The molecule has 144 valence electrons. The summed E-state index contributed by atoms with van der Waals surface area (Å²) >= 11 is 12.0. The molecule has 0 aliphatic heterocycles. The van der Waals surface area contributed by atoms with Gasteiger partial charge in [-0.15, -0.1) is 0 Å². The van der Waals surface area contributed by atoms with Gasteiger partial charge in [-0.05, 0) is 35.9 Å². The molecule has 4 rings (SSSR count). The molecule has 7 heteroatoms. The fourth-order valence-electron chi connectivity index (χ4n) is 3.08. The van der Waals surface area contributed by atoms with Gasteiger partial charge in [-0.25, -0.2) is 4.98 Å². The average molecular weight is 424 g/mol. The number of halogens is 2. The van der Waals surface area contributed by atoms with E-state index in [2.05, 4.69) is 15.3 Å². The van der Waals surface area contributed by atoms with Crippen LogP contribution in [0, 0.1) is 0 Å². The van der Waals surface area contributed by atoms with E-state index < -0.39 is 5.91 Å². The summed E-state index contributed by atoms with van der Waals surface area (Å²) in [5, 5.41) is 15.0. The van der Waals surface area contributed by atoms with Crippen LogP contribution < -0.4 is 5.32 Å². The Labute approximate surface area is 177 Å². The second-order valence-electron chi connectivity index (χ2n) is 6.38. The van der Waals surface area contributed by atoms with Crippen molar-refractivity contribution >= 4 is 40.0 Å². The van der Waals surface area contributed by atoms with Crippen LogP contribution in [0.4, 0.5) is 0 Å². The highest BCUT2D eigenvalue weighted by Crippen LogP contribution is 2.33. The number of rotatable bonds is 4. The van der Waals surface area contributed by atoms with Gasteiger partial charge in [0.2, 0.25) is 0 Å². The van der Waals surface area contributed by atoms with Crippen LogP contribution in [0.15, 0.2) is 66.9 Å². The van der Waals surface area contributed by atoms with E-state index in [1.54, 1.807) is 30.5 Å². The highest BCUT2D eigenvalue weighted by molar-refractivity contribution is 6.34. The first-order valence-electron chi connectivity index (χ1n) is 8.79. The molecule has 0 unspecified atom stereocenters. The molecule has 5 nitrogen and oxygen atoms in total. The molecule has 0 saturated heterocycles. The smallest absolute Gasteiger partial charge is 0.274 e. The molecule has 29 heavy (non-hydrogen) atoms. The van der Waals surface area contributed by atoms with Gasteiger partial charge in [0.05, 0.1) is 5.69 Å². The number of hydrogen-bond acceptors (Lipinski definition) is 4. The van der Waals surface area contributed by atoms with Crippen molar-refractivity contribution in [3.63, 3.8) is 0 Å². The third-order valence-electron chi connectivity index (χ3n) is 4.37. The van der Waals surface area contributed by atoms with Gasteiger partial charge in [-0.3, -0.25) is 9.78 Å². The molecular formula is C22H15Cl2N3O2. The van der Waals surface area contributed by atoms with Gasteiger partial charge in [0.15, 0.2) is 11.4 Å². The lowest BCUT2D eigenvalue weighted by Gasteiger charge is -2.12. The number of carbonyl (C=O) groups is 1. The van der Waals surface area contributed by atoms with E-state index in [1.165, 1.54) is 0 Å². The van der Waals surface area contributed by atoms with Crippen molar-refractivity contribution in [2.45, 2.75) is 6.54 Å². The molecule has 0 spiro atoms. The Kier molecular flexibility index (Phi) is 5.34. The summed E-state index contributed by atoms with van der Waals surface area (Å²) in [7, 11) is 0. The minimum Gasteiger partial charge on any atom is -0.504 e. The van der Waals surface area contributed by atoms with Crippen molar-refractivity contribution < 1.29 is 9.90 Å². The molecule has 2 aromatic heterocycles. The van der Waals surface area contributed by atoms with Crippen LogP contribution in [0.1, 0.15) is 16.1 Å². The molecule has 2 heterocycles. The molecule has 2 N–H and O–H groups in total. The predicted octanol–water partition coefficient (Wildman–Crippen LogP) is 5.24. The van der Waals surface area contributed by atoms with Crippen molar-refractivity contribution in [1.29, 1.82) is 0 Å². The van der Waals surface area contributed by atoms with Crippen molar-refractivity contribution in [2.24, 2.45) is 0 Å². The van der Waals surface area contributed by atoms with Crippen molar-refractivity contribution in [3.8, 4) is 17.0 Å². The Balaban J connectivity index is 1.73. The Morgan fingerprint density at radius 1 is 1.00 bits per heavy atom. The molecule has 0 radical (unpaired) electrons. The van der Waals surface area contributed by atoms with E-state index in [4.69, 9.17) is 23.2 Å². The quantitative estimate of drug-likeness (QED) is 0.470. The van der Waals surface area contributed by atoms with Crippen molar-refractivity contribution in [3.05, 3.63) is 88.2 Å². The van der Waals surface area contributed by atoms with E-state index in [9.17, 15) is 9.90 Å². The van der Waals surface area contributed by atoms with Gasteiger partial charge in [0.25, 0.3) is 5.91 Å². The number of fused-ring (bicyclic) bond motifs is 1. The SMILES string of the molecule is O=C(NCc1cc(Cl)cc(Cl)c1)c1nc(-c2ccccc2)c2cccnc2c1O. The number of aromatic nitrogens is 2. The van der Waals surface area contributed by atoms with Gasteiger partial charge in [0, 0.05) is 33.7 Å². The zero-order valence-corrected chi connectivity index (χ0v) is 16.6. The Morgan fingerprint density at radius 2 is 1.72 bits per heavy atom. The summed E-state index contributed by atoms with van der Waals surface area (Å²) in [5.41, 5.74) is 2.35. The van der Waals surface area contributed by atoms with E-state index in [0.717, 1.165) is 11.1 Å². The molecule has 0 atom stereocenters. The zero-order chi connectivity index (χ0) is 20.4. The standard InChI is InChI=1S/C22H15Cl2N3O2/c23-15-9-13(10-16(24)11-15)12-26-22(29)20-21(28)19-17(7-4-8-25-19)18(27-20)14-5-2-1-3-6-14/h1-11,28H,12H2,(H,26,29). The largest absolute Gasteiger partial charge is 0.504 e. The van der Waals surface area contributed by atoms with Crippen LogP contribution in [0.2, 0.25) is 10.0 Å². The number of pyridine rings is 2. The fraction of sp³-hybridized carbons (Fsp3) is 0.0455. The maximum Gasteiger partial charge on any atom is 0.274 e. The lowest BCUT2D eigenvalue weighted by atomic mass is 10.0. The number of aromatic hydroxyl groups is 1. The molecule has 4 aromatic rings. The molecule has 0 aliphatic carbocycles. The highest BCUT2D eigenvalue weighted by atomic mass is 35.5. The van der Waals surface area contributed by atoms with E-state index in [1.807, 2.05) is 36.4 Å². The van der Waals surface area contributed by atoms with Crippen LogP contribution >= 0.6 is 23.2 Å². The molecule has 0 aliphatic rings. The summed E-state index contributed by atoms with van der Waals surface area (Å²) in [6.45, 7) is 0.182. The summed E-state index contributed by atoms with van der Waals surface area (Å²) < 4.78 is 0. The van der Waals surface area contributed by atoms with Crippen molar-refractivity contribution in [2.75, 3.05) is 0 Å². The third kappa shape index (κ3) is 4.01. The second-order valence-corrected chi connectivity index (χ2v) is 7.26. The fourth-order valence-corrected chi connectivity index (χ4v) is 3.65. The molecular weight excluding hydrogens is 409 g/mol. The van der Waals surface area contributed by atoms with Gasteiger partial charge in [-0.2, -0.15) is 0 Å². The molecule has 0 fully saturated rings. The zero-order valence-electron chi connectivity index (χ0n) is 15.1. The van der Waals surface area contributed by atoms with Crippen LogP contribution in [0.25, 0.3) is 22.2 Å². The monoisotopic (exact) mass is 423 g/mol. The maximum atomic E-state index is 12.8. The number of nitrogens with zero attached hydrogens (tertiary/aromatic N) is 2. The van der Waals surface area contributed by atoms with E-state index >= 15 is 0 Å². The first-order chi connectivity index (χ1) is 14.0. The topological polar surface area (TPSA) is 75.1 Å². The Hall–Kier alpha value is -3.15. The van der Waals surface area contributed by atoms with E-state index in [-0.39, 0.29) is 18.0 Å². The van der Waals surface area contributed by atoms with Gasteiger partial charge >= 0.3 is 0 Å². The van der Waals surface area contributed by atoms with E-state index in [0.29, 0.717) is 26.6 Å². The summed E-state index contributed by atoms with van der Waals surface area (Å²) in [4.78, 5) is 21.5. The molecule has 2 aromatic carbocycles. The van der Waals surface area contributed by atoms with Crippen LogP contribution in [-0.2, 0) is 6.54 Å². The minimum absolute atomic E-state index is 0.0943. The second kappa shape index (κ2) is 8.07. The number of benzene rings is 2. The summed E-state index contributed by atoms with van der Waals surface area (Å²) in [5.74, 6) is -0.787. The van der Waals surface area contributed by atoms with Crippen LogP contribution in [0.3, 0.4) is 0 Å². The lowest BCUT2D eigenvalue weighted by molar-refractivity contribution is 0.0943.